The summed E-state index contributed by atoms with van der Waals surface area (Å²) in [6.07, 6.45) is 4.16. The quantitative estimate of drug-likeness (QED) is 0.557. The van der Waals surface area contributed by atoms with Gasteiger partial charge in [0.25, 0.3) is 5.91 Å². The largest absolute Gasteiger partial charge is 0.376 e. The molecule has 0 aliphatic carbocycles. The number of hydrogen-bond donors (Lipinski definition) is 0. The lowest BCUT2D eigenvalue weighted by atomic mass is 10.1. The van der Waals surface area contributed by atoms with Crippen molar-refractivity contribution in [3.8, 4) is 0 Å². The summed E-state index contributed by atoms with van der Waals surface area (Å²) in [5, 5.41) is 0.744. The van der Waals surface area contributed by atoms with Crippen molar-refractivity contribution in [2.45, 2.75) is 30.8 Å². The molecule has 140 valence electrons. The van der Waals surface area contributed by atoms with Gasteiger partial charge in [0.05, 0.1) is 22.9 Å². The molecule has 1 amide bonds. The van der Waals surface area contributed by atoms with Gasteiger partial charge in [-0.1, -0.05) is 35.1 Å². The Bertz CT molecular complexity index is 964. The van der Waals surface area contributed by atoms with E-state index in [1.807, 2.05) is 37.3 Å². The maximum atomic E-state index is 13.3. The first-order valence-electron chi connectivity index (χ1n) is 9.09. The fourth-order valence-electron chi connectivity index (χ4n) is 3.37. The normalized spacial score (nSPS) is 16.7. The minimum Gasteiger partial charge on any atom is -0.376 e. The summed E-state index contributed by atoms with van der Waals surface area (Å²) < 4.78 is 6.92. The number of fused-ring (bicyclic) bond motifs is 1. The number of para-hydroxylation sites is 1. The van der Waals surface area contributed by atoms with E-state index in [4.69, 9.17) is 9.72 Å². The first-order valence-corrected chi connectivity index (χ1v) is 11.1. The highest BCUT2D eigenvalue weighted by molar-refractivity contribution is 7.98. The molecule has 6 heteroatoms. The molecule has 2 heterocycles. The van der Waals surface area contributed by atoms with Crippen LogP contribution in [0.3, 0.4) is 0 Å². The second-order valence-electron chi connectivity index (χ2n) is 6.72. The van der Waals surface area contributed by atoms with E-state index < -0.39 is 0 Å². The van der Waals surface area contributed by atoms with Gasteiger partial charge in [0.15, 0.2) is 5.13 Å². The number of thioether (sulfide) groups is 1. The third-order valence-electron chi connectivity index (χ3n) is 4.74. The first-order chi connectivity index (χ1) is 13.2. The van der Waals surface area contributed by atoms with Gasteiger partial charge in [-0.2, -0.15) is 0 Å². The van der Waals surface area contributed by atoms with Gasteiger partial charge < -0.3 is 4.74 Å². The highest BCUT2D eigenvalue weighted by atomic mass is 32.2. The summed E-state index contributed by atoms with van der Waals surface area (Å²) in [6.45, 7) is 3.32. The number of carbonyl (C=O) groups is 1. The molecule has 1 atom stereocenters. The summed E-state index contributed by atoms with van der Waals surface area (Å²) in [7, 11) is 0. The average molecular weight is 399 g/mol. The van der Waals surface area contributed by atoms with E-state index >= 15 is 0 Å². The molecule has 3 aromatic rings. The van der Waals surface area contributed by atoms with Gasteiger partial charge in [-0.25, -0.2) is 4.98 Å². The molecule has 0 N–H and O–H groups in total. The molecular weight excluding hydrogens is 376 g/mol. The number of thiazole rings is 1. The smallest absolute Gasteiger partial charge is 0.260 e. The highest BCUT2D eigenvalue weighted by Crippen LogP contribution is 2.35. The molecule has 0 bridgehead atoms. The molecule has 4 rings (SSSR count). The minimum atomic E-state index is -0.0149. The molecule has 0 spiro atoms. The Morgan fingerprint density at radius 1 is 1.33 bits per heavy atom. The number of anilines is 1. The van der Waals surface area contributed by atoms with Crippen LogP contribution in [0.2, 0.25) is 0 Å². The fourth-order valence-corrected chi connectivity index (χ4v) is 4.99. The fraction of sp³-hybridized carbons (Fsp3) is 0.333. The Balaban J connectivity index is 1.74. The van der Waals surface area contributed by atoms with Crippen LogP contribution in [0.5, 0.6) is 0 Å². The van der Waals surface area contributed by atoms with Crippen molar-refractivity contribution >= 4 is 44.4 Å². The zero-order valence-electron chi connectivity index (χ0n) is 15.5. The molecule has 27 heavy (non-hydrogen) atoms. The zero-order chi connectivity index (χ0) is 18.8. The monoisotopic (exact) mass is 398 g/mol. The van der Waals surface area contributed by atoms with Crippen LogP contribution in [-0.4, -0.2) is 36.4 Å². The van der Waals surface area contributed by atoms with Crippen LogP contribution < -0.4 is 4.90 Å². The van der Waals surface area contributed by atoms with Crippen molar-refractivity contribution < 1.29 is 9.53 Å². The average Bonchev–Trinajstić information content (AvgIpc) is 3.34. The van der Waals surface area contributed by atoms with Crippen molar-refractivity contribution in [1.29, 1.82) is 0 Å². The molecule has 1 aliphatic heterocycles. The Kier molecular flexibility index (Phi) is 5.48. The van der Waals surface area contributed by atoms with E-state index in [1.54, 1.807) is 28.0 Å². The molecule has 1 saturated heterocycles. The van der Waals surface area contributed by atoms with Crippen LogP contribution in [0.1, 0.15) is 28.8 Å². The van der Waals surface area contributed by atoms with Crippen LogP contribution in [0, 0.1) is 6.92 Å². The number of ether oxygens (including phenoxy) is 1. The lowest BCUT2D eigenvalue weighted by Gasteiger charge is -2.23. The Morgan fingerprint density at radius 2 is 2.19 bits per heavy atom. The number of aryl methyl sites for hydroxylation is 1. The molecule has 0 saturated carbocycles. The van der Waals surface area contributed by atoms with Gasteiger partial charge in [-0.05, 0) is 50.3 Å². The SMILES string of the molecule is CSc1cccc2sc(N(C[C@H]3CCCO3)C(=O)c3cccc(C)c3)nc12. The van der Waals surface area contributed by atoms with E-state index in [-0.39, 0.29) is 12.0 Å². The third-order valence-corrected chi connectivity index (χ3v) is 6.55. The second-order valence-corrected chi connectivity index (χ2v) is 8.58. The Hall–Kier alpha value is -1.89. The van der Waals surface area contributed by atoms with E-state index in [9.17, 15) is 4.79 Å². The maximum absolute atomic E-state index is 13.3. The number of carbonyl (C=O) groups excluding carboxylic acids is 1. The highest BCUT2D eigenvalue weighted by Gasteiger charge is 2.27. The summed E-state index contributed by atoms with van der Waals surface area (Å²) in [5.41, 5.74) is 2.74. The number of nitrogens with zero attached hydrogens (tertiary/aromatic N) is 2. The summed E-state index contributed by atoms with van der Waals surface area (Å²) in [5.74, 6) is -0.0149. The topological polar surface area (TPSA) is 42.4 Å². The third kappa shape index (κ3) is 3.88. The van der Waals surface area contributed by atoms with Gasteiger partial charge in [0, 0.05) is 17.1 Å². The second kappa shape index (κ2) is 8.00. The van der Waals surface area contributed by atoms with E-state index in [2.05, 4.69) is 18.4 Å². The standard InChI is InChI=1S/C21H22N2O2S2/c1-14-6-3-7-15(12-14)20(24)23(13-16-8-5-11-25-16)21-22-19-17(26-2)9-4-10-18(19)27-21/h3-4,6-7,9-10,12,16H,5,8,11,13H2,1-2H3/t16-/m1/s1. The minimum absolute atomic E-state index is 0.0149. The number of rotatable bonds is 5. The summed E-state index contributed by atoms with van der Waals surface area (Å²) in [4.78, 5) is 21.1. The number of aromatic nitrogens is 1. The summed E-state index contributed by atoms with van der Waals surface area (Å²) >= 11 is 3.25. The van der Waals surface area contributed by atoms with Crippen LogP contribution in [0.15, 0.2) is 47.4 Å². The van der Waals surface area contributed by atoms with Gasteiger partial charge in [0.2, 0.25) is 0 Å². The van der Waals surface area contributed by atoms with Crippen LogP contribution in [-0.2, 0) is 4.74 Å². The van der Waals surface area contributed by atoms with Crippen molar-refractivity contribution in [2.75, 3.05) is 24.3 Å². The predicted octanol–water partition coefficient (Wildman–Crippen LogP) is 5.15. The predicted molar refractivity (Wildman–Crippen MR) is 113 cm³/mol. The van der Waals surface area contributed by atoms with Crippen LogP contribution in [0.4, 0.5) is 5.13 Å². The lowest BCUT2D eigenvalue weighted by molar-refractivity contribution is 0.0917. The van der Waals surface area contributed by atoms with E-state index in [1.165, 1.54) is 0 Å². The van der Waals surface area contributed by atoms with Crippen molar-refractivity contribution in [1.82, 2.24) is 4.98 Å². The van der Waals surface area contributed by atoms with Crippen molar-refractivity contribution in [2.24, 2.45) is 0 Å². The van der Waals surface area contributed by atoms with Gasteiger partial charge >= 0.3 is 0 Å². The van der Waals surface area contributed by atoms with E-state index in [0.717, 1.165) is 45.3 Å². The molecule has 2 aromatic carbocycles. The van der Waals surface area contributed by atoms with Crippen molar-refractivity contribution in [3.63, 3.8) is 0 Å². The molecular formula is C21H22N2O2S2. The number of benzene rings is 2. The number of hydrogen-bond acceptors (Lipinski definition) is 5. The van der Waals surface area contributed by atoms with E-state index in [0.29, 0.717) is 12.1 Å². The lowest BCUT2D eigenvalue weighted by Crippen LogP contribution is -2.37. The Labute approximate surface area is 167 Å². The van der Waals surface area contributed by atoms with Gasteiger partial charge in [-0.3, -0.25) is 9.69 Å². The molecule has 1 aromatic heterocycles. The zero-order valence-corrected chi connectivity index (χ0v) is 17.1. The molecule has 1 aliphatic rings. The van der Waals surface area contributed by atoms with Crippen LogP contribution in [0.25, 0.3) is 10.2 Å². The first kappa shape index (κ1) is 18.5. The van der Waals surface area contributed by atoms with Crippen LogP contribution >= 0.6 is 23.1 Å². The summed E-state index contributed by atoms with van der Waals surface area (Å²) in [6, 6.07) is 13.9. The van der Waals surface area contributed by atoms with Gasteiger partial charge in [0.1, 0.15) is 0 Å². The Morgan fingerprint density at radius 3 is 2.93 bits per heavy atom. The molecule has 4 nitrogen and oxygen atoms in total. The maximum Gasteiger partial charge on any atom is 0.260 e. The molecule has 1 fully saturated rings. The molecule has 0 unspecified atom stereocenters. The van der Waals surface area contributed by atoms with Gasteiger partial charge in [-0.15, -0.1) is 11.8 Å². The number of amides is 1. The molecule has 0 radical (unpaired) electrons. The van der Waals surface area contributed by atoms with Crippen molar-refractivity contribution in [3.05, 3.63) is 53.6 Å².